The van der Waals surface area contributed by atoms with Gasteiger partial charge in [0.15, 0.2) is 22.9 Å². The number of para-hydroxylation sites is 1. The maximum atomic E-state index is 12.9. The van der Waals surface area contributed by atoms with Crippen molar-refractivity contribution in [1.82, 2.24) is 19.1 Å². The van der Waals surface area contributed by atoms with Crippen LogP contribution in [0.2, 0.25) is 10.0 Å². The molecular formula is C36H24Cl2N4O4. The molecule has 8 aromatic rings. The molecular weight excluding hydrogens is 623 g/mol. The van der Waals surface area contributed by atoms with Gasteiger partial charge in [0.05, 0.1) is 16.6 Å². The van der Waals surface area contributed by atoms with Crippen molar-refractivity contribution in [3.05, 3.63) is 152 Å². The summed E-state index contributed by atoms with van der Waals surface area (Å²) in [5, 5.41) is 24.2. The van der Waals surface area contributed by atoms with Gasteiger partial charge < -0.3 is 29.3 Å². The zero-order chi connectivity index (χ0) is 31.9. The Kier molecular flexibility index (Phi) is 7.36. The van der Waals surface area contributed by atoms with Crippen LogP contribution in [0.4, 0.5) is 0 Å². The first kappa shape index (κ1) is 29.0. The molecule has 4 N–H and O–H groups in total. The van der Waals surface area contributed by atoms with Crippen molar-refractivity contribution in [2.24, 2.45) is 0 Å². The number of halogens is 2. The summed E-state index contributed by atoms with van der Waals surface area (Å²) in [5.74, 6) is -0.127. The van der Waals surface area contributed by atoms with E-state index >= 15 is 0 Å². The van der Waals surface area contributed by atoms with Crippen LogP contribution in [0.1, 0.15) is 0 Å². The van der Waals surface area contributed by atoms with E-state index in [2.05, 4.69) is 9.97 Å². The van der Waals surface area contributed by atoms with Crippen molar-refractivity contribution >= 4 is 55.9 Å². The summed E-state index contributed by atoms with van der Waals surface area (Å²) in [6.45, 7) is 0. The minimum atomic E-state index is -0.382. The Morgan fingerprint density at radius 3 is 1.76 bits per heavy atom. The van der Waals surface area contributed by atoms with E-state index in [4.69, 9.17) is 23.2 Å². The average Bonchev–Trinajstić information content (AvgIpc) is 3.71. The molecule has 0 unspecified atom stereocenters. The predicted molar refractivity (Wildman–Crippen MR) is 184 cm³/mol. The Hall–Kier alpha value is -5.70. The third-order valence-corrected chi connectivity index (χ3v) is 8.22. The normalized spacial score (nSPS) is 11.2. The topological polar surface area (TPSA) is 116 Å². The van der Waals surface area contributed by atoms with E-state index in [1.807, 2.05) is 60.8 Å². The van der Waals surface area contributed by atoms with Gasteiger partial charge in [-0.3, -0.25) is 9.59 Å². The van der Waals surface area contributed by atoms with Gasteiger partial charge >= 0.3 is 0 Å². The molecule has 0 aliphatic heterocycles. The van der Waals surface area contributed by atoms with Gasteiger partial charge in [-0.15, -0.1) is 0 Å². The van der Waals surface area contributed by atoms with Crippen LogP contribution in [0.15, 0.2) is 131 Å². The van der Waals surface area contributed by atoms with E-state index < -0.39 is 0 Å². The first-order chi connectivity index (χ1) is 22.3. The molecule has 0 amide bonds. The van der Waals surface area contributed by atoms with Crippen molar-refractivity contribution < 1.29 is 10.2 Å². The maximum absolute atomic E-state index is 12.9. The molecule has 4 heterocycles. The summed E-state index contributed by atoms with van der Waals surface area (Å²) in [4.78, 5) is 30.4. The maximum Gasteiger partial charge on any atom is 0.276 e. The fourth-order valence-corrected chi connectivity index (χ4v) is 5.99. The number of rotatable bonds is 3. The molecule has 0 aliphatic rings. The average molecular weight is 648 g/mol. The number of aromatic hydroxyl groups is 2. The highest BCUT2D eigenvalue weighted by Gasteiger charge is 2.19. The molecule has 8 rings (SSSR count). The minimum absolute atomic E-state index is 0.0541. The molecule has 8 nitrogen and oxygen atoms in total. The third-order valence-electron chi connectivity index (χ3n) is 7.75. The van der Waals surface area contributed by atoms with Crippen molar-refractivity contribution in [3.8, 4) is 34.0 Å². The van der Waals surface area contributed by atoms with Gasteiger partial charge in [-0.05, 0) is 60.2 Å². The Morgan fingerprint density at radius 1 is 0.587 bits per heavy atom. The van der Waals surface area contributed by atoms with Gasteiger partial charge in [0.1, 0.15) is 0 Å². The number of hydrogen-bond donors (Lipinski definition) is 4. The molecule has 0 fully saturated rings. The van der Waals surface area contributed by atoms with Crippen LogP contribution in [0, 0.1) is 0 Å². The molecule has 0 spiro atoms. The zero-order valence-electron chi connectivity index (χ0n) is 23.9. The zero-order valence-corrected chi connectivity index (χ0v) is 25.4. The van der Waals surface area contributed by atoms with Crippen LogP contribution in [0.5, 0.6) is 11.5 Å². The minimum Gasteiger partial charge on any atom is -0.505 e. The van der Waals surface area contributed by atoms with Gasteiger partial charge in [0, 0.05) is 50.4 Å². The van der Waals surface area contributed by atoms with E-state index in [1.165, 1.54) is 0 Å². The summed E-state index contributed by atoms with van der Waals surface area (Å²) < 4.78 is 3.32. The molecule has 46 heavy (non-hydrogen) atoms. The number of aromatic nitrogens is 4. The SMILES string of the molecule is O=c1[nH]c2cc(Cl)ccc2c(O)c1-n1cc(-c2ccccc2)c2ccccc21.O=c1[nH]c2cc(Cl)ccc2c(O)c1-n1cccc1. The lowest BCUT2D eigenvalue weighted by Gasteiger charge is -2.10. The number of H-pyrrole nitrogens is 2. The smallest absolute Gasteiger partial charge is 0.276 e. The summed E-state index contributed by atoms with van der Waals surface area (Å²) in [7, 11) is 0. The second-order valence-electron chi connectivity index (χ2n) is 10.6. The largest absolute Gasteiger partial charge is 0.505 e. The van der Waals surface area contributed by atoms with E-state index in [9.17, 15) is 19.8 Å². The fraction of sp³-hybridized carbons (Fsp3) is 0. The van der Waals surface area contributed by atoms with Crippen LogP contribution in [-0.4, -0.2) is 29.3 Å². The molecule has 0 atom stereocenters. The molecule has 10 heteroatoms. The van der Waals surface area contributed by atoms with Crippen molar-refractivity contribution in [2.45, 2.75) is 0 Å². The molecule has 0 radical (unpaired) electrons. The number of fused-ring (bicyclic) bond motifs is 3. The number of benzene rings is 4. The van der Waals surface area contributed by atoms with Gasteiger partial charge in [0.25, 0.3) is 11.1 Å². The number of hydrogen-bond acceptors (Lipinski definition) is 4. The van der Waals surface area contributed by atoms with E-state index in [0.29, 0.717) is 31.9 Å². The highest BCUT2D eigenvalue weighted by molar-refractivity contribution is 6.31. The first-order valence-corrected chi connectivity index (χ1v) is 14.9. The highest BCUT2D eigenvalue weighted by atomic mass is 35.5. The second kappa shape index (κ2) is 11.7. The summed E-state index contributed by atoms with van der Waals surface area (Å²) in [6, 6.07) is 31.3. The highest BCUT2D eigenvalue weighted by Crippen LogP contribution is 2.36. The third kappa shape index (κ3) is 5.09. The lowest BCUT2D eigenvalue weighted by atomic mass is 10.1. The van der Waals surface area contributed by atoms with Crippen molar-refractivity contribution in [1.29, 1.82) is 0 Å². The van der Waals surface area contributed by atoms with Crippen LogP contribution in [-0.2, 0) is 0 Å². The molecule has 0 saturated carbocycles. The van der Waals surface area contributed by atoms with Crippen molar-refractivity contribution in [3.63, 3.8) is 0 Å². The number of nitrogens with one attached hydrogen (secondary N) is 2. The van der Waals surface area contributed by atoms with Crippen LogP contribution < -0.4 is 11.1 Å². The van der Waals surface area contributed by atoms with Crippen LogP contribution in [0.25, 0.3) is 55.2 Å². The number of aromatic amines is 2. The first-order valence-electron chi connectivity index (χ1n) is 14.2. The molecule has 0 saturated heterocycles. The van der Waals surface area contributed by atoms with Crippen LogP contribution in [0.3, 0.4) is 0 Å². The van der Waals surface area contributed by atoms with Gasteiger partial charge in [-0.2, -0.15) is 0 Å². The second-order valence-corrected chi connectivity index (χ2v) is 11.4. The molecule has 0 aliphatic carbocycles. The quantitative estimate of drug-likeness (QED) is 0.155. The van der Waals surface area contributed by atoms with E-state index in [-0.39, 0.29) is 34.0 Å². The van der Waals surface area contributed by atoms with E-state index in [0.717, 1.165) is 22.0 Å². The Labute approximate surface area is 271 Å². The number of pyridine rings is 2. The van der Waals surface area contributed by atoms with Crippen molar-refractivity contribution in [2.75, 3.05) is 0 Å². The summed E-state index contributed by atoms with van der Waals surface area (Å²) in [5.41, 5.74) is 3.54. The van der Waals surface area contributed by atoms with Crippen LogP contribution >= 0.6 is 23.2 Å². The lowest BCUT2D eigenvalue weighted by Crippen LogP contribution is -2.14. The Morgan fingerprint density at radius 2 is 1.13 bits per heavy atom. The summed E-state index contributed by atoms with van der Waals surface area (Å²) >= 11 is 11.9. The van der Waals surface area contributed by atoms with Gasteiger partial charge in [0.2, 0.25) is 0 Å². The lowest BCUT2D eigenvalue weighted by molar-refractivity contribution is 0.477. The summed E-state index contributed by atoms with van der Waals surface area (Å²) in [6.07, 6.45) is 5.30. The number of nitrogens with zero attached hydrogens (tertiary/aromatic N) is 2. The molecule has 226 valence electrons. The fourth-order valence-electron chi connectivity index (χ4n) is 5.65. The Balaban J connectivity index is 0.000000162. The standard InChI is InChI=1S/C23H15ClN2O2.C13H9ClN2O2/c24-15-10-11-17-19(12-15)25-23(28)21(22(17)27)26-13-18(14-6-2-1-3-7-14)16-8-4-5-9-20(16)26;14-8-3-4-9-10(7-8)15-13(18)11(12(9)17)16-5-1-2-6-16/h1-13H,(H2,25,27,28);1-7H,(H2,15,17,18). The molecule has 0 bridgehead atoms. The van der Waals surface area contributed by atoms with Gasteiger partial charge in [-0.1, -0.05) is 71.7 Å². The van der Waals surface area contributed by atoms with E-state index in [1.54, 1.807) is 70.1 Å². The molecule has 4 aromatic heterocycles. The Bertz CT molecular complexity index is 2520. The molecule has 4 aromatic carbocycles. The monoisotopic (exact) mass is 646 g/mol. The predicted octanol–water partition coefficient (Wildman–Crippen LogP) is 8.18. The van der Waals surface area contributed by atoms with Gasteiger partial charge in [-0.25, -0.2) is 0 Å².